The maximum atomic E-state index is 5.41. The van der Waals surface area contributed by atoms with E-state index in [9.17, 15) is 0 Å². The van der Waals surface area contributed by atoms with Crippen LogP contribution < -0.4 is 0 Å². The van der Waals surface area contributed by atoms with Gasteiger partial charge in [-0.05, 0) is 5.92 Å². The molecule has 1 heterocycles. The molecule has 0 saturated heterocycles. The lowest BCUT2D eigenvalue weighted by atomic mass is 10.1. The van der Waals surface area contributed by atoms with Gasteiger partial charge >= 0.3 is 0 Å². The molecule has 2 nitrogen and oxygen atoms in total. The molecular weight excluding hydrogens is 138 g/mol. The van der Waals surface area contributed by atoms with Crippen LogP contribution in [0.15, 0.2) is 4.42 Å². The van der Waals surface area contributed by atoms with Crippen LogP contribution >= 0.6 is 0 Å². The number of hydrogen-bond acceptors (Lipinski definition) is 2. The van der Waals surface area contributed by atoms with Gasteiger partial charge in [-0.15, -0.1) is 0 Å². The fourth-order valence-electron chi connectivity index (χ4n) is 1.19. The topological polar surface area (TPSA) is 26.0 Å². The Hall–Kier alpha value is -0.790. The van der Waals surface area contributed by atoms with E-state index in [0.29, 0.717) is 5.92 Å². The lowest BCUT2D eigenvalue weighted by Crippen LogP contribution is -1.92. The molecule has 0 aliphatic carbocycles. The summed E-state index contributed by atoms with van der Waals surface area (Å²) in [5.74, 6) is 2.30. The van der Waals surface area contributed by atoms with Crippen molar-refractivity contribution in [3.63, 3.8) is 0 Å². The van der Waals surface area contributed by atoms with Crippen molar-refractivity contribution in [2.45, 2.75) is 40.0 Å². The van der Waals surface area contributed by atoms with Gasteiger partial charge in [-0.25, -0.2) is 4.98 Å². The Kier molecular flexibility index (Phi) is 2.32. The summed E-state index contributed by atoms with van der Waals surface area (Å²) in [5.41, 5.74) is 1.12. The van der Waals surface area contributed by atoms with Crippen LogP contribution in [0.2, 0.25) is 0 Å². The van der Waals surface area contributed by atoms with Crippen molar-refractivity contribution in [2.24, 2.45) is 0 Å². The first kappa shape index (κ1) is 8.31. The highest BCUT2D eigenvalue weighted by molar-refractivity contribution is 5.13. The molecule has 0 N–H and O–H groups in total. The maximum Gasteiger partial charge on any atom is 0.191 e. The molecule has 0 atom stereocenters. The van der Waals surface area contributed by atoms with Gasteiger partial charge in [-0.3, -0.25) is 0 Å². The summed E-state index contributed by atoms with van der Waals surface area (Å²) in [6.07, 6.45) is 0.939. The van der Waals surface area contributed by atoms with Gasteiger partial charge in [-0.1, -0.05) is 20.8 Å². The first-order chi connectivity index (χ1) is 5.15. The maximum absolute atomic E-state index is 5.41. The fraction of sp³-hybridized carbons (Fsp3) is 0.667. The van der Waals surface area contributed by atoms with Gasteiger partial charge in [0, 0.05) is 13.3 Å². The Bertz CT molecular complexity index is 238. The molecule has 62 valence electrons. The zero-order valence-corrected chi connectivity index (χ0v) is 7.64. The number of rotatable bonds is 2. The summed E-state index contributed by atoms with van der Waals surface area (Å²) in [4.78, 5) is 4.31. The standard InChI is InChI=1S/C9H15NO/c1-5-8-9(6(2)3)10-7(4)11-8/h6H,5H2,1-4H3. The zero-order chi connectivity index (χ0) is 8.43. The lowest BCUT2D eigenvalue weighted by Gasteiger charge is -1.99. The molecule has 0 radical (unpaired) electrons. The van der Waals surface area contributed by atoms with Crippen LogP contribution in [-0.4, -0.2) is 4.98 Å². The molecule has 1 aromatic heterocycles. The van der Waals surface area contributed by atoms with Crippen molar-refractivity contribution in [2.75, 3.05) is 0 Å². The van der Waals surface area contributed by atoms with Gasteiger partial charge in [0.2, 0.25) is 0 Å². The second-order valence-electron chi connectivity index (χ2n) is 3.05. The largest absolute Gasteiger partial charge is 0.446 e. The van der Waals surface area contributed by atoms with E-state index >= 15 is 0 Å². The molecule has 0 aliphatic rings. The van der Waals surface area contributed by atoms with E-state index in [2.05, 4.69) is 25.8 Å². The van der Waals surface area contributed by atoms with E-state index < -0.39 is 0 Å². The molecule has 0 bridgehead atoms. The Morgan fingerprint density at radius 1 is 1.45 bits per heavy atom. The van der Waals surface area contributed by atoms with Crippen molar-refractivity contribution in [3.8, 4) is 0 Å². The number of oxazole rings is 1. The molecule has 11 heavy (non-hydrogen) atoms. The summed E-state index contributed by atoms with van der Waals surface area (Å²) in [7, 11) is 0. The summed E-state index contributed by atoms with van der Waals surface area (Å²) >= 11 is 0. The van der Waals surface area contributed by atoms with E-state index in [1.54, 1.807) is 0 Å². The monoisotopic (exact) mass is 153 g/mol. The van der Waals surface area contributed by atoms with Crippen LogP contribution in [0.3, 0.4) is 0 Å². The molecule has 0 unspecified atom stereocenters. The fourth-order valence-corrected chi connectivity index (χ4v) is 1.19. The number of hydrogen-bond donors (Lipinski definition) is 0. The number of nitrogens with zero attached hydrogens (tertiary/aromatic N) is 1. The van der Waals surface area contributed by atoms with Gasteiger partial charge in [0.1, 0.15) is 5.76 Å². The minimum absolute atomic E-state index is 0.474. The molecule has 0 fully saturated rings. The molecule has 0 saturated carbocycles. The molecule has 2 heteroatoms. The highest BCUT2D eigenvalue weighted by atomic mass is 16.4. The van der Waals surface area contributed by atoms with Crippen molar-refractivity contribution in [1.29, 1.82) is 0 Å². The highest BCUT2D eigenvalue weighted by Gasteiger charge is 2.11. The van der Waals surface area contributed by atoms with Crippen LogP contribution in [0.1, 0.15) is 44.0 Å². The third-order valence-corrected chi connectivity index (χ3v) is 1.70. The molecule has 0 aromatic carbocycles. The van der Waals surface area contributed by atoms with Gasteiger partial charge in [0.15, 0.2) is 5.89 Å². The smallest absolute Gasteiger partial charge is 0.191 e. The van der Waals surface area contributed by atoms with Gasteiger partial charge in [-0.2, -0.15) is 0 Å². The van der Waals surface area contributed by atoms with Gasteiger partial charge < -0.3 is 4.42 Å². The summed E-state index contributed by atoms with van der Waals surface area (Å²) < 4.78 is 5.41. The normalized spacial score (nSPS) is 11.0. The van der Waals surface area contributed by atoms with E-state index in [-0.39, 0.29) is 0 Å². The van der Waals surface area contributed by atoms with Crippen LogP contribution in [0.5, 0.6) is 0 Å². The zero-order valence-electron chi connectivity index (χ0n) is 7.64. The van der Waals surface area contributed by atoms with Crippen molar-refractivity contribution in [3.05, 3.63) is 17.3 Å². The first-order valence-corrected chi connectivity index (χ1v) is 4.11. The third kappa shape index (κ3) is 1.62. The van der Waals surface area contributed by atoms with E-state index in [0.717, 1.165) is 23.8 Å². The van der Waals surface area contributed by atoms with Crippen molar-refractivity contribution >= 4 is 0 Å². The molecule has 0 amide bonds. The SMILES string of the molecule is CCc1oc(C)nc1C(C)C. The highest BCUT2D eigenvalue weighted by Crippen LogP contribution is 2.19. The minimum atomic E-state index is 0.474. The Balaban J connectivity index is 3.02. The summed E-state index contributed by atoms with van der Waals surface area (Å²) in [6.45, 7) is 8.25. The van der Waals surface area contributed by atoms with Crippen LogP contribution in [0.4, 0.5) is 0 Å². The van der Waals surface area contributed by atoms with E-state index in [1.165, 1.54) is 0 Å². The second-order valence-corrected chi connectivity index (χ2v) is 3.05. The molecule has 1 rings (SSSR count). The first-order valence-electron chi connectivity index (χ1n) is 4.11. The Morgan fingerprint density at radius 3 is 2.45 bits per heavy atom. The van der Waals surface area contributed by atoms with Crippen LogP contribution in [-0.2, 0) is 6.42 Å². The third-order valence-electron chi connectivity index (χ3n) is 1.70. The van der Waals surface area contributed by atoms with Gasteiger partial charge in [0.25, 0.3) is 0 Å². The molecule has 0 spiro atoms. The van der Waals surface area contributed by atoms with E-state index in [4.69, 9.17) is 4.42 Å². The summed E-state index contributed by atoms with van der Waals surface area (Å²) in [6, 6.07) is 0. The quantitative estimate of drug-likeness (QED) is 0.652. The molecule has 1 aromatic rings. The Morgan fingerprint density at radius 2 is 2.09 bits per heavy atom. The second kappa shape index (κ2) is 3.07. The van der Waals surface area contributed by atoms with Crippen LogP contribution in [0.25, 0.3) is 0 Å². The molecule has 0 aliphatic heterocycles. The predicted octanol–water partition coefficient (Wildman–Crippen LogP) is 2.67. The average molecular weight is 153 g/mol. The Labute approximate surface area is 67.6 Å². The summed E-state index contributed by atoms with van der Waals surface area (Å²) in [5, 5.41) is 0. The van der Waals surface area contributed by atoms with Crippen molar-refractivity contribution in [1.82, 2.24) is 4.98 Å². The molecular formula is C9H15NO. The van der Waals surface area contributed by atoms with Crippen LogP contribution in [0, 0.1) is 6.92 Å². The average Bonchev–Trinajstić information content (AvgIpc) is 2.30. The predicted molar refractivity (Wildman–Crippen MR) is 44.7 cm³/mol. The number of aromatic nitrogens is 1. The van der Waals surface area contributed by atoms with Gasteiger partial charge in [0.05, 0.1) is 5.69 Å². The van der Waals surface area contributed by atoms with E-state index in [1.807, 2.05) is 6.92 Å². The lowest BCUT2D eigenvalue weighted by molar-refractivity contribution is 0.477. The minimum Gasteiger partial charge on any atom is -0.446 e. The number of aryl methyl sites for hydroxylation is 2. The van der Waals surface area contributed by atoms with Crippen molar-refractivity contribution < 1.29 is 4.42 Å².